The molecule has 4 nitrogen and oxygen atoms in total. The van der Waals surface area contributed by atoms with Crippen molar-refractivity contribution in [3.63, 3.8) is 0 Å². The highest BCUT2D eigenvalue weighted by Gasteiger charge is 2.50. The van der Waals surface area contributed by atoms with Gasteiger partial charge in [-0.1, -0.05) is 42.5 Å². The van der Waals surface area contributed by atoms with Crippen molar-refractivity contribution in [3.8, 4) is 11.4 Å². The standard InChI is InChI=1S/C23H19F3N2O2/c1-15-7-5-6-10-20(15)30-22(26)23(29,21(24)25)17-11-12-19-16(13-17)14-27-28(19)18-8-3-2-4-9-18/h2-14,21-22,29H,1H3. The van der Waals surface area contributed by atoms with Gasteiger partial charge in [-0.15, -0.1) is 0 Å². The van der Waals surface area contributed by atoms with E-state index in [9.17, 15) is 18.3 Å². The molecule has 4 rings (SSSR count). The summed E-state index contributed by atoms with van der Waals surface area (Å²) < 4.78 is 49.5. The minimum atomic E-state index is -3.42. The van der Waals surface area contributed by atoms with Crippen LogP contribution in [0.4, 0.5) is 13.2 Å². The summed E-state index contributed by atoms with van der Waals surface area (Å²) in [5.41, 5.74) is -1.45. The van der Waals surface area contributed by atoms with Crippen LogP contribution in [0.5, 0.6) is 5.75 Å². The van der Waals surface area contributed by atoms with Crippen molar-refractivity contribution in [2.24, 2.45) is 0 Å². The number of rotatable bonds is 6. The lowest BCUT2D eigenvalue weighted by Gasteiger charge is -2.31. The van der Waals surface area contributed by atoms with E-state index in [1.54, 1.807) is 29.8 Å². The molecule has 4 aromatic rings. The van der Waals surface area contributed by atoms with Gasteiger partial charge in [-0.25, -0.2) is 13.5 Å². The number of alkyl halides is 3. The lowest BCUT2D eigenvalue weighted by molar-refractivity contribution is -0.200. The van der Waals surface area contributed by atoms with Crippen LogP contribution in [0, 0.1) is 6.92 Å². The predicted octanol–water partition coefficient (Wildman–Crippen LogP) is 5.16. The highest BCUT2D eigenvalue weighted by molar-refractivity contribution is 5.81. The average Bonchev–Trinajstić information content (AvgIpc) is 3.18. The maximum atomic E-state index is 15.0. The van der Waals surface area contributed by atoms with Crippen molar-refractivity contribution in [2.75, 3.05) is 0 Å². The number of nitrogens with zero attached hydrogens (tertiary/aromatic N) is 2. The molecule has 1 aromatic heterocycles. The number of halogens is 3. The molecule has 0 aliphatic carbocycles. The normalized spacial score (nSPS) is 14.6. The Bertz CT molecular complexity index is 1160. The Balaban J connectivity index is 1.72. The van der Waals surface area contributed by atoms with Crippen molar-refractivity contribution >= 4 is 10.9 Å². The molecule has 0 saturated heterocycles. The molecule has 0 aliphatic heterocycles. The molecule has 0 aliphatic rings. The Morgan fingerprint density at radius 3 is 2.37 bits per heavy atom. The van der Waals surface area contributed by atoms with Crippen LogP contribution in [0.25, 0.3) is 16.6 Å². The van der Waals surface area contributed by atoms with Crippen molar-refractivity contribution in [2.45, 2.75) is 25.3 Å². The Hall–Kier alpha value is -3.32. The van der Waals surface area contributed by atoms with Gasteiger partial charge in [-0.2, -0.15) is 9.49 Å². The second-order valence-corrected chi connectivity index (χ2v) is 6.99. The second-order valence-electron chi connectivity index (χ2n) is 6.99. The van der Waals surface area contributed by atoms with Crippen molar-refractivity contribution in [3.05, 3.63) is 90.1 Å². The van der Waals surface area contributed by atoms with Crippen molar-refractivity contribution in [1.82, 2.24) is 9.78 Å². The summed E-state index contributed by atoms with van der Waals surface area (Å²) in [6.07, 6.45) is -4.62. The first kappa shape index (κ1) is 20.0. The number of fused-ring (bicyclic) bond motifs is 1. The van der Waals surface area contributed by atoms with E-state index in [0.29, 0.717) is 16.5 Å². The Kier molecular flexibility index (Phi) is 5.22. The van der Waals surface area contributed by atoms with Crippen molar-refractivity contribution < 1.29 is 23.0 Å². The number of benzene rings is 3. The van der Waals surface area contributed by atoms with Crippen LogP contribution in [0.1, 0.15) is 11.1 Å². The number of aliphatic hydroxyl groups is 1. The fourth-order valence-electron chi connectivity index (χ4n) is 3.30. The largest absolute Gasteiger partial charge is 0.456 e. The molecule has 0 bridgehead atoms. The van der Waals surface area contributed by atoms with Crippen LogP contribution in [0.15, 0.2) is 79.0 Å². The smallest absolute Gasteiger partial charge is 0.277 e. The minimum Gasteiger partial charge on any atom is -0.456 e. The second kappa shape index (κ2) is 7.84. The number of ether oxygens (including phenoxy) is 1. The third-order valence-electron chi connectivity index (χ3n) is 5.03. The maximum absolute atomic E-state index is 15.0. The maximum Gasteiger partial charge on any atom is 0.277 e. The lowest BCUT2D eigenvalue weighted by Crippen LogP contribution is -2.46. The van der Waals surface area contributed by atoms with Crippen LogP contribution in [-0.4, -0.2) is 27.7 Å². The minimum absolute atomic E-state index is 0.0852. The van der Waals surface area contributed by atoms with E-state index in [-0.39, 0.29) is 11.3 Å². The molecule has 0 saturated carbocycles. The fourth-order valence-corrected chi connectivity index (χ4v) is 3.30. The summed E-state index contributed by atoms with van der Waals surface area (Å²) in [4.78, 5) is 0. The van der Waals surface area contributed by atoms with E-state index >= 15 is 0 Å². The lowest BCUT2D eigenvalue weighted by atomic mass is 9.93. The van der Waals surface area contributed by atoms with Gasteiger partial charge in [0.2, 0.25) is 5.60 Å². The molecule has 0 spiro atoms. The summed E-state index contributed by atoms with van der Waals surface area (Å²) in [5, 5.41) is 15.5. The molecule has 2 atom stereocenters. The number of hydrogen-bond acceptors (Lipinski definition) is 3. The quantitative estimate of drug-likeness (QED) is 0.476. The molecule has 154 valence electrons. The molecule has 0 radical (unpaired) electrons. The molecule has 30 heavy (non-hydrogen) atoms. The zero-order valence-electron chi connectivity index (χ0n) is 16.0. The van der Waals surface area contributed by atoms with E-state index in [1.807, 2.05) is 30.3 Å². The molecule has 1 heterocycles. The van der Waals surface area contributed by atoms with Crippen LogP contribution < -0.4 is 4.74 Å². The third-order valence-corrected chi connectivity index (χ3v) is 5.03. The van der Waals surface area contributed by atoms with E-state index in [2.05, 4.69) is 5.10 Å². The summed E-state index contributed by atoms with van der Waals surface area (Å²) in [7, 11) is 0. The highest BCUT2D eigenvalue weighted by atomic mass is 19.3. The van der Waals surface area contributed by atoms with Crippen molar-refractivity contribution in [1.29, 1.82) is 0 Å². The first-order valence-electron chi connectivity index (χ1n) is 9.32. The molecular weight excluding hydrogens is 393 g/mol. The molecular formula is C23H19F3N2O2. The summed E-state index contributed by atoms with van der Waals surface area (Å²) in [6.45, 7) is 1.66. The SMILES string of the molecule is Cc1ccccc1OC(F)C(O)(c1ccc2c(cnn2-c2ccccc2)c1)C(F)F. The van der Waals surface area contributed by atoms with E-state index in [0.717, 1.165) is 5.69 Å². The molecule has 7 heteroatoms. The average molecular weight is 412 g/mol. The van der Waals surface area contributed by atoms with Crippen LogP contribution in [-0.2, 0) is 5.60 Å². The highest BCUT2D eigenvalue weighted by Crippen LogP contribution is 2.37. The number of aromatic nitrogens is 2. The van der Waals surface area contributed by atoms with E-state index in [1.165, 1.54) is 30.5 Å². The van der Waals surface area contributed by atoms with Gasteiger partial charge >= 0.3 is 0 Å². The number of aryl methyl sites for hydroxylation is 1. The van der Waals surface area contributed by atoms with E-state index < -0.39 is 18.4 Å². The monoisotopic (exact) mass is 412 g/mol. The zero-order chi connectivity index (χ0) is 21.3. The van der Waals surface area contributed by atoms with Gasteiger partial charge in [0.15, 0.2) is 0 Å². The Labute approximate surface area is 171 Å². The summed E-state index contributed by atoms with van der Waals surface area (Å²) >= 11 is 0. The zero-order valence-corrected chi connectivity index (χ0v) is 16.0. The van der Waals surface area contributed by atoms with E-state index in [4.69, 9.17) is 4.74 Å². The number of para-hydroxylation sites is 2. The molecule has 3 aromatic carbocycles. The van der Waals surface area contributed by atoms with Crippen LogP contribution >= 0.6 is 0 Å². The summed E-state index contributed by atoms with van der Waals surface area (Å²) in [5.74, 6) is 0.0852. The Morgan fingerprint density at radius 2 is 1.67 bits per heavy atom. The van der Waals surface area contributed by atoms with Crippen LogP contribution in [0.2, 0.25) is 0 Å². The molecule has 2 unspecified atom stereocenters. The number of hydrogen-bond donors (Lipinski definition) is 1. The van der Waals surface area contributed by atoms with Gasteiger partial charge in [0.05, 0.1) is 17.4 Å². The van der Waals surface area contributed by atoms with Crippen LogP contribution in [0.3, 0.4) is 0 Å². The predicted molar refractivity (Wildman–Crippen MR) is 108 cm³/mol. The molecule has 0 amide bonds. The molecule has 1 N–H and O–H groups in total. The topological polar surface area (TPSA) is 47.3 Å². The van der Waals surface area contributed by atoms with Gasteiger partial charge in [0, 0.05) is 5.39 Å². The van der Waals surface area contributed by atoms with Gasteiger partial charge < -0.3 is 9.84 Å². The molecule has 0 fully saturated rings. The summed E-state index contributed by atoms with van der Waals surface area (Å²) in [6, 6.07) is 19.8. The first-order chi connectivity index (χ1) is 14.4. The van der Waals surface area contributed by atoms with Gasteiger partial charge in [-0.05, 0) is 48.4 Å². The van der Waals surface area contributed by atoms with Gasteiger partial charge in [0.1, 0.15) is 5.75 Å². The van der Waals surface area contributed by atoms with Gasteiger partial charge in [0.25, 0.3) is 12.8 Å². The Morgan fingerprint density at radius 1 is 0.967 bits per heavy atom. The third kappa shape index (κ3) is 3.41. The fraction of sp³-hybridized carbons (Fsp3) is 0.174. The van der Waals surface area contributed by atoms with Gasteiger partial charge in [-0.3, -0.25) is 0 Å². The first-order valence-corrected chi connectivity index (χ1v) is 9.32.